The summed E-state index contributed by atoms with van der Waals surface area (Å²) >= 11 is 0. The van der Waals surface area contributed by atoms with Crippen molar-refractivity contribution in [3.63, 3.8) is 0 Å². The van der Waals surface area contributed by atoms with E-state index in [9.17, 15) is 5.11 Å². The predicted octanol–water partition coefficient (Wildman–Crippen LogP) is 1.37. The van der Waals surface area contributed by atoms with Crippen molar-refractivity contribution < 1.29 is 5.11 Å². The van der Waals surface area contributed by atoms with E-state index in [1.165, 1.54) is 0 Å². The number of pyridine rings is 1. The van der Waals surface area contributed by atoms with Crippen molar-refractivity contribution in [2.45, 2.75) is 25.4 Å². The number of nitrogens with two attached hydrogens (primary N) is 1. The monoisotopic (exact) mass is 338 g/mol. The molecule has 4 rings (SSSR count). The van der Waals surface area contributed by atoms with Crippen molar-refractivity contribution in [3.8, 4) is 11.3 Å². The Bertz CT molecular complexity index is 863. The van der Waals surface area contributed by atoms with E-state index in [0.717, 1.165) is 61.4 Å². The van der Waals surface area contributed by atoms with Crippen LogP contribution in [0.2, 0.25) is 0 Å². The maximum absolute atomic E-state index is 9.58. The third-order valence-electron chi connectivity index (χ3n) is 4.66. The molecule has 1 aliphatic heterocycles. The normalized spacial score (nSPS) is 18.2. The van der Waals surface area contributed by atoms with Crippen LogP contribution in [0.15, 0.2) is 36.8 Å². The molecule has 1 saturated heterocycles. The molecule has 25 heavy (non-hydrogen) atoms. The van der Waals surface area contributed by atoms with Crippen LogP contribution in [-0.4, -0.2) is 55.3 Å². The van der Waals surface area contributed by atoms with Crippen molar-refractivity contribution in [3.05, 3.63) is 42.4 Å². The fraction of sp³-hybridized carbons (Fsp3) is 0.389. The highest BCUT2D eigenvalue weighted by Crippen LogP contribution is 2.27. The van der Waals surface area contributed by atoms with E-state index in [1.54, 1.807) is 10.7 Å². The molecule has 0 radical (unpaired) electrons. The van der Waals surface area contributed by atoms with Gasteiger partial charge in [-0.15, -0.1) is 5.10 Å². The molecule has 0 aromatic carbocycles. The van der Waals surface area contributed by atoms with Gasteiger partial charge in [0, 0.05) is 31.7 Å². The van der Waals surface area contributed by atoms with Gasteiger partial charge in [-0.05, 0) is 43.5 Å². The smallest absolute Gasteiger partial charge is 0.166 e. The molecule has 0 spiro atoms. The summed E-state index contributed by atoms with van der Waals surface area (Å²) in [7, 11) is 0. The quantitative estimate of drug-likeness (QED) is 0.730. The lowest BCUT2D eigenvalue weighted by atomic mass is 10.1. The number of nitrogen functional groups attached to an aromatic ring is 1. The van der Waals surface area contributed by atoms with Gasteiger partial charge in [-0.3, -0.25) is 4.98 Å². The Kier molecular flexibility index (Phi) is 4.33. The van der Waals surface area contributed by atoms with Crippen LogP contribution in [0.25, 0.3) is 16.9 Å². The minimum Gasteiger partial charge on any atom is -0.392 e. The zero-order valence-electron chi connectivity index (χ0n) is 14.0. The lowest BCUT2D eigenvalue weighted by Crippen LogP contribution is -2.23. The number of hydrogen-bond donors (Lipinski definition) is 2. The molecule has 1 fully saturated rings. The summed E-state index contributed by atoms with van der Waals surface area (Å²) < 4.78 is 1.74. The Morgan fingerprint density at radius 2 is 2.20 bits per heavy atom. The molecule has 7 heteroatoms. The molecule has 1 atom stereocenters. The molecule has 130 valence electrons. The number of anilines is 1. The topological polar surface area (TPSA) is 92.6 Å². The van der Waals surface area contributed by atoms with Gasteiger partial charge in [-0.2, -0.15) is 0 Å². The highest BCUT2D eigenvalue weighted by Gasteiger charge is 2.19. The number of fused-ring (bicyclic) bond motifs is 1. The van der Waals surface area contributed by atoms with Gasteiger partial charge in [-0.25, -0.2) is 9.50 Å². The Labute approximate surface area is 146 Å². The second kappa shape index (κ2) is 6.78. The third kappa shape index (κ3) is 3.33. The van der Waals surface area contributed by atoms with Gasteiger partial charge in [-0.1, -0.05) is 6.07 Å². The van der Waals surface area contributed by atoms with Crippen molar-refractivity contribution in [2.75, 3.05) is 25.4 Å². The van der Waals surface area contributed by atoms with E-state index in [4.69, 9.17) is 5.73 Å². The molecule has 1 aliphatic rings. The van der Waals surface area contributed by atoms with Crippen LogP contribution in [0.1, 0.15) is 18.4 Å². The third-order valence-corrected chi connectivity index (χ3v) is 4.66. The SMILES string of the molecule is Nc1nn2cc(CCCN3CC[C@H](O)C3)cnc2c1-c1ccccn1. The molecular weight excluding hydrogens is 316 g/mol. The number of aliphatic hydroxyl groups is 1. The molecule has 0 saturated carbocycles. The summed E-state index contributed by atoms with van der Waals surface area (Å²) in [4.78, 5) is 11.2. The van der Waals surface area contributed by atoms with Crippen LogP contribution >= 0.6 is 0 Å². The average Bonchev–Trinajstić information content (AvgIpc) is 3.17. The number of nitrogens with zero attached hydrogens (tertiary/aromatic N) is 5. The zero-order chi connectivity index (χ0) is 17.2. The number of rotatable bonds is 5. The number of hydrogen-bond acceptors (Lipinski definition) is 6. The van der Waals surface area contributed by atoms with E-state index in [2.05, 4.69) is 20.0 Å². The summed E-state index contributed by atoms with van der Waals surface area (Å²) in [5.74, 6) is 0.439. The van der Waals surface area contributed by atoms with Crippen molar-refractivity contribution in [1.82, 2.24) is 24.5 Å². The van der Waals surface area contributed by atoms with E-state index < -0.39 is 0 Å². The average molecular weight is 338 g/mol. The zero-order valence-corrected chi connectivity index (χ0v) is 14.0. The van der Waals surface area contributed by atoms with Crippen LogP contribution in [0.3, 0.4) is 0 Å². The first kappa shape index (κ1) is 16.0. The Morgan fingerprint density at radius 3 is 2.96 bits per heavy atom. The standard InChI is InChI=1S/C18H22N6O/c19-17-16(15-5-1-2-7-20-15)18-21-10-13(11-24(18)22-17)4-3-8-23-9-6-14(25)12-23/h1-2,5,7,10-11,14,25H,3-4,6,8-9,12H2,(H2,19,22)/t14-/m0/s1. The lowest BCUT2D eigenvalue weighted by Gasteiger charge is -2.14. The second-order valence-electron chi connectivity index (χ2n) is 6.55. The van der Waals surface area contributed by atoms with Crippen LogP contribution in [0, 0.1) is 0 Å². The van der Waals surface area contributed by atoms with Gasteiger partial charge in [0.1, 0.15) is 0 Å². The van der Waals surface area contributed by atoms with E-state index in [0.29, 0.717) is 5.82 Å². The molecule has 3 aromatic heterocycles. The first-order chi connectivity index (χ1) is 12.2. The maximum Gasteiger partial charge on any atom is 0.166 e. The largest absolute Gasteiger partial charge is 0.392 e. The first-order valence-electron chi connectivity index (χ1n) is 8.65. The van der Waals surface area contributed by atoms with Gasteiger partial charge in [0.2, 0.25) is 0 Å². The minimum atomic E-state index is -0.157. The van der Waals surface area contributed by atoms with Gasteiger partial charge < -0.3 is 15.7 Å². The molecule has 3 N–H and O–H groups in total. The number of aryl methyl sites for hydroxylation is 1. The maximum atomic E-state index is 9.58. The van der Waals surface area contributed by atoms with Crippen molar-refractivity contribution in [1.29, 1.82) is 0 Å². The molecule has 0 unspecified atom stereocenters. The Hall–Kier alpha value is -2.51. The molecule has 0 bridgehead atoms. The highest BCUT2D eigenvalue weighted by atomic mass is 16.3. The number of aliphatic hydroxyl groups excluding tert-OH is 1. The van der Waals surface area contributed by atoms with Crippen LogP contribution in [0.4, 0.5) is 5.82 Å². The summed E-state index contributed by atoms with van der Waals surface area (Å²) in [5, 5.41) is 14.0. The van der Waals surface area contributed by atoms with Crippen LogP contribution in [0.5, 0.6) is 0 Å². The minimum absolute atomic E-state index is 0.157. The van der Waals surface area contributed by atoms with Gasteiger partial charge in [0.05, 0.1) is 17.4 Å². The molecular formula is C18H22N6O. The number of aromatic nitrogens is 4. The molecule has 3 aromatic rings. The van der Waals surface area contributed by atoms with Crippen LogP contribution < -0.4 is 5.73 Å². The lowest BCUT2D eigenvalue weighted by molar-refractivity contribution is 0.176. The summed E-state index contributed by atoms with van der Waals surface area (Å²) in [6.45, 7) is 2.78. The first-order valence-corrected chi connectivity index (χ1v) is 8.65. The van der Waals surface area contributed by atoms with E-state index in [-0.39, 0.29) is 6.10 Å². The summed E-state index contributed by atoms with van der Waals surface area (Å²) in [5.41, 5.74) is 9.50. The Morgan fingerprint density at radius 1 is 1.28 bits per heavy atom. The van der Waals surface area contributed by atoms with Crippen molar-refractivity contribution >= 4 is 11.5 Å². The van der Waals surface area contributed by atoms with Gasteiger partial charge in [0.25, 0.3) is 0 Å². The number of β-amino-alcohol motifs (C(OH)–C–C–N with tert-alkyl or cyclic N) is 1. The van der Waals surface area contributed by atoms with Gasteiger partial charge >= 0.3 is 0 Å². The molecule has 4 heterocycles. The summed E-state index contributed by atoms with van der Waals surface area (Å²) in [6, 6.07) is 5.71. The van der Waals surface area contributed by atoms with E-state index >= 15 is 0 Å². The van der Waals surface area contributed by atoms with E-state index in [1.807, 2.05) is 30.6 Å². The van der Waals surface area contributed by atoms with Crippen molar-refractivity contribution in [2.24, 2.45) is 0 Å². The molecule has 7 nitrogen and oxygen atoms in total. The second-order valence-corrected chi connectivity index (χ2v) is 6.55. The van der Waals surface area contributed by atoms with Gasteiger partial charge in [0.15, 0.2) is 11.5 Å². The predicted molar refractivity (Wildman–Crippen MR) is 96.0 cm³/mol. The molecule has 0 amide bonds. The number of likely N-dealkylation sites (tertiary alicyclic amines) is 1. The van der Waals surface area contributed by atoms with Crippen LogP contribution in [-0.2, 0) is 6.42 Å². The highest BCUT2D eigenvalue weighted by molar-refractivity contribution is 5.84. The fourth-order valence-corrected chi connectivity index (χ4v) is 3.40. The Balaban J connectivity index is 1.49. The fourth-order valence-electron chi connectivity index (χ4n) is 3.40. The summed E-state index contributed by atoms with van der Waals surface area (Å²) in [6.07, 6.45) is 8.30. The molecule has 0 aliphatic carbocycles.